The summed E-state index contributed by atoms with van der Waals surface area (Å²) in [5.74, 6) is 2.46. The third-order valence-electron chi connectivity index (χ3n) is 4.13. The Hall–Kier alpha value is -3.72. The highest BCUT2D eigenvalue weighted by Gasteiger charge is 2.18. The predicted octanol–water partition coefficient (Wildman–Crippen LogP) is 5.36. The molecule has 0 amide bonds. The molecule has 0 spiro atoms. The Kier molecular flexibility index (Phi) is 4.73. The number of furan rings is 1. The van der Waals surface area contributed by atoms with Crippen molar-refractivity contribution in [2.45, 2.75) is 26.5 Å². The lowest BCUT2D eigenvalue weighted by molar-refractivity contribution is 0.271. The summed E-state index contributed by atoms with van der Waals surface area (Å²) in [6.45, 7) is 4.19. The highest BCUT2D eigenvalue weighted by atomic mass is 16.5. The van der Waals surface area contributed by atoms with E-state index in [1.165, 1.54) is 0 Å². The van der Waals surface area contributed by atoms with Crippen LogP contribution >= 0.6 is 0 Å². The quantitative estimate of drug-likeness (QED) is 0.490. The minimum absolute atomic E-state index is 0.121. The Bertz CT molecular complexity index is 1150. The molecule has 28 heavy (non-hydrogen) atoms. The number of nitrogens with one attached hydrogen (secondary N) is 1. The van der Waals surface area contributed by atoms with E-state index in [-0.39, 0.29) is 24.2 Å². The predicted molar refractivity (Wildman–Crippen MR) is 106 cm³/mol. The second-order valence-electron chi connectivity index (χ2n) is 6.67. The van der Waals surface area contributed by atoms with Crippen LogP contribution in [-0.2, 0) is 6.61 Å². The molecule has 4 rings (SSSR count). The van der Waals surface area contributed by atoms with Gasteiger partial charge in [-0.1, -0.05) is 30.3 Å². The monoisotopic (exact) mass is 373 g/mol. The number of aromatic nitrogens is 1. The average molecular weight is 373 g/mol. The Labute approximate surface area is 162 Å². The van der Waals surface area contributed by atoms with E-state index in [9.17, 15) is 5.26 Å². The molecule has 2 aromatic carbocycles. The molecule has 2 heterocycles. The first-order valence-corrected chi connectivity index (χ1v) is 9.00. The Balaban J connectivity index is 1.48. The van der Waals surface area contributed by atoms with E-state index in [0.717, 1.165) is 16.5 Å². The zero-order chi connectivity index (χ0) is 19.5. The molecule has 0 saturated heterocycles. The zero-order valence-electron chi connectivity index (χ0n) is 15.6. The van der Waals surface area contributed by atoms with Crippen molar-refractivity contribution in [3.8, 4) is 23.5 Å². The number of anilines is 1. The molecule has 2 aromatic heterocycles. The molecule has 140 valence electrons. The van der Waals surface area contributed by atoms with Gasteiger partial charge in [0, 0.05) is 6.04 Å². The highest BCUT2D eigenvalue weighted by Crippen LogP contribution is 2.28. The van der Waals surface area contributed by atoms with E-state index in [2.05, 4.69) is 16.4 Å². The van der Waals surface area contributed by atoms with Crippen LogP contribution in [0.4, 0.5) is 5.88 Å². The van der Waals surface area contributed by atoms with Gasteiger partial charge in [0.2, 0.25) is 11.6 Å². The molecule has 0 aliphatic carbocycles. The lowest BCUT2D eigenvalue weighted by Crippen LogP contribution is -2.09. The molecule has 6 heteroatoms. The molecule has 0 unspecified atom stereocenters. The molecule has 4 aromatic rings. The van der Waals surface area contributed by atoms with Crippen LogP contribution in [0.3, 0.4) is 0 Å². The fraction of sp³-hybridized carbons (Fsp3) is 0.182. The zero-order valence-corrected chi connectivity index (χ0v) is 15.6. The second kappa shape index (κ2) is 7.49. The minimum Gasteiger partial charge on any atom is -0.486 e. The van der Waals surface area contributed by atoms with Crippen LogP contribution in [-0.4, -0.2) is 11.0 Å². The van der Waals surface area contributed by atoms with Gasteiger partial charge in [-0.05, 0) is 48.9 Å². The first-order valence-electron chi connectivity index (χ1n) is 9.00. The van der Waals surface area contributed by atoms with Crippen LogP contribution in [0.2, 0.25) is 0 Å². The molecular weight excluding hydrogens is 354 g/mol. The maximum absolute atomic E-state index is 9.22. The standard InChI is InChI=1S/C22H19N3O3/c1-14(2)24-21-19(12-23)25-22(28-21)20-10-9-18(27-20)13-26-17-8-7-15-5-3-4-6-16(15)11-17/h3-11,14,24H,13H2,1-2H3. The highest BCUT2D eigenvalue weighted by molar-refractivity contribution is 5.83. The minimum atomic E-state index is 0.121. The van der Waals surface area contributed by atoms with Crippen molar-refractivity contribution in [1.29, 1.82) is 5.26 Å². The van der Waals surface area contributed by atoms with Crippen LogP contribution in [0.25, 0.3) is 22.4 Å². The number of fused-ring (bicyclic) bond motifs is 1. The number of ether oxygens (including phenoxy) is 1. The van der Waals surface area contributed by atoms with E-state index in [1.54, 1.807) is 6.07 Å². The number of benzene rings is 2. The van der Waals surface area contributed by atoms with Gasteiger partial charge in [0.05, 0.1) is 0 Å². The fourth-order valence-electron chi connectivity index (χ4n) is 2.84. The Morgan fingerprint density at radius 3 is 2.68 bits per heavy atom. The van der Waals surface area contributed by atoms with Crippen molar-refractivity contribution in [1.82, 2.24) is 4.98 Å². The van der Waals surface area contributed by atoms with Crippen LogP contribution in [0.15, 0.2) is 63.4 Å². The maximum atomic E-state index is 9.22. The van der Waals surface area contributed by atoms with Gasteiger partial charge in [-0.3, -0.25) is 0 Å². The van der Waals surface area contributed by atoms with Crippen LogP contribution in [0.1, 0.15) is 25.3 Å². The number of hydrogen-bond acceptors (Lipinski definition) is 6. The Morgan fingerprint density at radius 1 is 1.07 bits per heavy atom. The first kappa shape index (κ1) is 17.7. The molecule has 0 radical (unpaired) electrons. The summed E-state index contributed by atoms with van der Waals surface area (Å²) in [6, 6.07) is 19.8. The van der Waals surface area contributed by atoms with Crippen LogP contribution < -0.4 is 10.1 Å². The Morgan fingerprint density at radius 2 is 1.89 bits per heavy atom. The summed E-state index contributed by atoms with van der Waals surface area (Å²) >= 11 is 0. The van der Waals surface area contributed by atoms with Crippen LogP contribution in [0, 0.1) is 11.3 Å². The van der Waals surface area contributed by atoms with E-state index < -0.39 is 0 Å². The van der Waals surface area contributed by atoms with Gasteiger partial charge in [-0.2, -0.15) is 10.2 Å². The number of oxazole rings is 1. The van der Waals surface area contributed by atoms with Gasteiger partial charge in [0.15, 0.2) is 5.76 Å². The second-order valence-corrected chi connectivity index (χ2v) is 6.67. The molecule has 0 fully saturated rings. The van der Waals surface area contributed by atoms with Crippen molar-refractivity contribution in [2.75, 3.05) is 5.32 Å². The van der Waals surface area contributed by atoms with E-state index in [1.807, 2.05) is 62.4 Å². The van der Waals surface area contributed by atoms with E-state index in [0.29, 0.717) is 17.4 Å². The smallest absolute Gasteiger partial charge is 0.266 e. The fourth-order valence-corrected chi connectivity index (χ4v) is 2.84. The number of nitrogens with zero attached hydrogens (tertiary/aromatic N) is 2. The summed E-state index contributed by atoms with van der Waals surface area (Å²) in [5, 5.41) is 14.6. The molecular formula is C22H19N3O3. The molecule has 1 N–H and O–H groups in total. The van der Waals surface area contributed by atoms with Gasteiger partial charge < -0.3 is 18.9 Å². The van der Waals surface area contributed by atoms with Crippen molar-refractivity contribution in [2.24, 2.45) is 0 Å². The van der Waals surface area contributed by atoms with E-state index in [4.69, 9.17) is 13.6 Å². The lowest BCUT2D eigenvalue weighted by Gasteiger charge is -2.05. The van der Waals surface area contributed by atoms with E-state index >= 15 is 0 Å². The van der Waals surface area contributed by atoms with Gasteiger partial charge >= 0.3 is 0 Å². The van der Waals surface area contributed by atoms with Crippen molar-refractivity contribution in [3.05, 3.63) is 66.1 Å². The normalized spacial score (nSPS) is 10.9. The van der Waals surface area contributed by atoms with Gasteiger partial charge in [0.25, 0.3) is 5.89 Å². The number of nitriles is 1. The van der Waals surface area contributed by atoms with Gasteiger partial charge in [-0.25, -0.2) is 0 Å². The molecule has 6 nitrogen and oxygen atoms in total. The first-order chi connectivity index (χ1) is 13.6. The summed E-state index contributed by atoms with van der Waals surface area (Å²) in [5.41, 5.74) is 0.203. The van der Waals surface area contributed by atoms with Crippen molar-refractivity contribution in [3.63, 3.8) is 0 Å². The SMILES string of the molecule is CC(C)Nc1oc(-c2ccc(COc3ccc4ccccc4c3)o2)nc1C#N. The summed E-state index contributed by atoms with van der Waals surface area (Å²) in [7, 11) is 0. The van der Waals surface area contributed by atoms with Crippen molar-refractivity contribution < 1.29 is 13.6 Å². The molecule has 0 aliphatic heterocycles. The summed E-state index contributed by atoms with van der Waals surface area (Å²) in [6.07, 6.45) is 0. The van der Waals surface area contributed by atoms with Gasteiger partial charge in [0.1, 0.15) is 24.2 Å². The molecule has 0 aliphatic rings. The van der Waals surface area contributed by atoms with Crippen LogP contribution in [0.5, 0.6) is 5.75 Å². The largest absolute Gasteiger partial charge is 0.486 e. The lowest BCUT2D eigenvalue weighted by atomic mass is 10.1. The average Bonchev–Trinajstić information content (AvgIpc) is 3.32. The van der Waals surface area contributed by atoms with Gasteiger partial charge in [-0.15, -0.1) is 0 Å². The summed E-state index contributed by atoms with van der Waals surface area (Å²) in [4.78, 5) is 4.19. The number of hydrogen-bond donors (Lipinski definition) is 1. The molecule has 0 bridgehead atoms. The maximum Gasteiger partial charge on any atom is 0.266 e. The topological polar surface area (TPSA) is 84.2 Å². The summed E-state index contributed by atoms with van der Waals surface area (Å²) < 4.78 is 17.3. The molecule has 0 atom stereocenters. The molecule has 0 saturated carbocycles. The number of rotatable bonds is 6. The van der Waals surface area contributed by atoms with Crippen molar-refractivity contribution >= 4 is 16.7 Å². The third-order valence-corrected chi connectivity index (χ3v) is 4.13. The third kappa shape index (κ3) is 3.69.